The molecule has 1 aromatic rings. The number of hydrogen-bond donors (Lipinski definition) is 2. The molecule has 0 aliphatic rings. The van der Waals surface area contributed by atoms with Gasteiger partial charge in [-0.15, -0.1) is 0 Å². The highest BCUT2D eigenvalue weighted by Crippen LogP contribution is 2.26. The van der Waals surface area contributed by atoms with Crippen molar-refractivity contribution >= 4 is 23.2 Å². The molecule has 0 fully saturated rings. The number of carbonyl (C=O) groups is 1. The van der Waals surface area contributed by atoms with Gasteiger partial charge in [-0.3, -0.25) is 4.79 Å². The Morgan fingerprint density at radius 1 is 1.47 bits per heavy atom. The van der Waals surface area contributed by atoms with Crippen LogP contribution in [-0.2, 0) is 9.53 Å². The normalized spacial score (nSPS) is 10.2. The van der Waals surface area contributed by atoms with Crippen LogP contribution in [0.15, 0.2) is 18.2 Å². The number of halogens is 1. The smallest absolute Gasteiger partial charge is 0.226 e. The maximum absolute atomic E-state index is 11.5. The molecular formula is C12H16ClNO3. The molecule has 0 atom stereocenters. The van der Waals surface area contributed by atoms with Crippen molar-refractivity contribution in [2.75, 3.05) is 18.5 Å². The average Bonchev–Trinajstić information content (AvgIpc) is 2.30. The topological polar surface area (TPSA) is 58.6 Å². The molecule has 5 heteroatoms. The summed E-state index contributed by atoms with van der Waals surface area (Å²) in [5.74, 6) is -0.200. The Bertz CT molecular complexity index is 382. The molecule has 0 radical (unpaired) electrons. The second kappa shape index (κ2) is 7.14. The zero-order valence-electron chi connectivity index (χ0n) is 9.70. The molecule has 2 N–H and O–H groups in total. The fraction of sp³-hybridized carbons (Fsp3) is 0.417. The Morgan fingerprint density at radius 3 is 2.88 bits per heavy atom. The van der Waals surface area contributed by atoms with Crippen molar-refractivity contribution in [1.82, 2.24) is 0 Å². The highest BCUT2D eigenvalue weighted by atomic mass is 35.5. The molecule has 0 heterocycles. The second-order valence-electron chi connectivity index (χ2n) is 3.58. The van der Waals surface area contributed by atoms with Crippen LogP contribution >= 0.6 is 11.6 Å². The van der Waals surface area contributed by atoms with E-state index in [1.165, 1.54) is 12.1 Å². The molecule has 0 aliphatic heterocycles. The Kier molecular flexibility index (Phi) is 5.80. The van der Waals surface area contributed by atoms with E-state index in [1.54, 1.807) is 6.07 Å². The zero-order chi connectivity index (χ0) is 12.7. The van der Waals surface area contributed by atoms with E-state index in [1.807, 2.05) is 6.92 Å². The third-order valence-electron chi connectivity index (χ3n) is 2.05. The maximum atomic E-state index is 11.5. The fourth-order valence-corrected chi connectivity index (χ4v) is 1.34. The van der Waals surface area contributed by atoms with Crippen LogP contribution in [0.3, 0.4) is 0 Å². The molecule has 0 aliphatic carbocycles. The summed E-state index contributed by atoms with van der Waals surface area (Å²) in [6, 6.07) is 4.57. The van der Waals surface area contributed by atoms with E-state index in [2.05, 4.69) is 5.32 Å². The van der Waals surface area contributed by atoms with Gasteiger partial charge in [-0.2, -0.15) is 0 Å². The van der Waals surface area contributed by atoms with Crippen molar-refractivity contribution in [3.05, 3.63) is 23.2 Å². The minimum absolute atomic E-state index is 0.0494. The van der Waals surface area contributed by atoms with Gasteiger partial charge in [-0.05, 0) is 18.6 Å². The molecule has 94 valence electrons. The van der Waals surface area contributed by atoms with E-state index in [0.717, 1.165) is 6.42 Å². The van der Waals surface area contributed by atoms with Gasteiger partial charge in [0.05, 0.1) is 18.1 Å². The molecule has 0 saturated carbocycles. The van der Waals surface area contributed by atoms with Crippen molar-refractivity contribution in [1.29, 1.82) is 0 Å². The van der Waals surface area contributed by atoms with Crippen LogP contribution in [0.1, 0.15) is 19.8 Å². The number of benzene rings is 1. The lowest BCUT2D eigenvalue weighted by atomic mass is 10.3. The van der Waals surface area contributed by atoms with Gasteiger partial charge < -0.3 is 15.2 Å². The van der Waals surface area contributed by atoms with Gasteiger partial charge in [0, 0.05) is 18.4 Å². The first-order valence-corrected chi connectivity index (χ1v) is 5.87. The quantitative estimate of drug-likeness (QED) is 0.771. The third kappa shape index (κ3) is 5.06. The van der Waals surface area contributed by atoms with Gasteiger partial charge in [0.1, 0.15) is 5.75 Å². The number of nitrogens with one attached hydrogen (secondary N) is 1. The molecular weight excluding hydrogens is 242 g/mol. The summed E-state index contributed by atoms with van der Waals surface area (Å²) in [4.78, 5) is 11.5. The second-order valence-corrected chi connectivity index (χ2v) is 3.98. The predicted octanol–water partition coefficient (Wildman–Crippen LogP) is 2.80. The first-order chi connectivity index (χ1) is 8.13. The summed E-state index contributed by atoms with van der Waals surface area (Å²) >= 11 is 5.65. The van der Waals surface area contributed by atoms with E-state index in [4.69, 9.17) is 16.3 Å². The van der Waals surface area contributed by atoms with Gasteiger partial charge in [0.2, 0.25) is 5.91 Å². The van der Waals surface area contributed by atoms with E-state index >= 15 is 0 Å². The Morgan fingerprint density at radius 2 is 2.24 bits per heavy atom. The van der Waals surface area contributed by atoms with Gasteiger partial charge in [0.25, 0.3) is 0 Å². The number of aromatic hydroxyl groups is 1. The van der Waals surface area contributed by atoms with Crippen LogP contribution in [-0.4, -0.2) is 24.2 Å². The SMILES string of the molecule is CCCOCCC(=O)Nc1ccc(Cl)c(O)c1. The number of ether oxygens (including phenoxy) is 1. The molecule has 0 saturated heterocycles. The molecule has 0 unspecified atom stereocenters. The molecule has 0 aromatic heterocycles. The molecule has 17 heavy (non-hydrogen) atoms. The summed E-state index contributed by atoms with van der Waals surface area (Å²) < 4.78 is 5.20. The van der Waals surface area contributed by atoms with Crippen LogP contribution < -0.4 is 5.32 Å². The maximum Gasteiger partial charge on any atom is 0.226 e. The summed E-state index contributed by atoms with van der Waals surface area (Å²) in [5.41, 5.74) is 0.521. The number of rotatable bonds is 6. The number of phenols is 1. The Balaban J connectivity index is 2.37. The highest BCUT2D eigenvalue weighted by Gasteiger charge is 2.04. The minimum Gasteiger partial charge on any atom is -0.506 e. The number of phenolic OH excluding ortho intramolecular Hbond substituents is 1. The van der Waals surface area contributed by atoms with Gasteiger partial charge in [-0.25, -0.2) is 0 Å². The van der Waals surface area contributed by atoms with E-state index < -0.39 is 0 Å². The third-order valence-corrected chi connectivity index (χ3v) is 2.37. The molecule has 1 rings (SSSR count). The van der Waals surface area contributed by atoms with Gasteiger partial charge in [0.15, 0.2) is 0 Å². The number of amides is 1. The lowest BCUT2D eigenvalue weighted by Crippen LogP contribution is -2.14. The van der Waals surface area contributed by atoms with Crippen molar-refractivity contribution in [3.63, 3.8) is 0 Å². The molecule has 1 aromatic carbocycles. The number of carbonyl (C=O) groups excluding carboxylic acids is 1. The van der Waals surface area contributed by atoms with E-state index in [9.17, 15) is 9.90 Å². The summed E-state index contributed by atoms with van der Waals surface area (Å²) in [5, 5.41) is 12.3. The van der Waals surface area contributed by atoms with E-state index in [-0.39, 0.29) is 16.7 Å². The number of anilines is 1. The van der Waals surface area contributed by atoms with Crippen molar-refractivity contribution in [2.45, 2.75) is 19.8 Å². The van der Waals surface area contributed by atoms with E-state index in [0.29, 0.717) is 25.3 Å². The standard InChI is InChI=1S/C12H16ClNO3/c1-2-6-17-7-5-12(16)14-9-3-4-10(13)11(15)8-9/h3-4,8,15H,2,5-7H2,1H3,(H,14,16). The molecule has 0 spiro atoms. The Hall–Kier alpha value is -1.26. The molecule has 0 bridgehead atoms. The zero-order valence-corrected chi connectivity index (χ0v) is 10.5. The Labute approximate surface area is 106 Å². The summed E-state index contributed by atoms with van der Waals surface area (Å²) in [7, 11) is 0. The van der Waals surface area contributed by atoms with Gasteiger partial charge >= 0.3 is 0 Å². The van der Waals surface area contributed by atoms with Crippen LogP contribution in [0, 0.1) is 0 Å². The monoisotopic (exact) mass is 257 g/mol. The van der Waals surface area contributed by atoms with Crippen LogP contribution in [0.4, 0.5) is 5.69 Å². The molecule has 4 nitrogen and oxygen atoms in total. The minimum atomic E-state index is -0.150. The van der Waals surface area contributed by atoms with Crippen molar-refractivity contribution in [3.8, 4) is 5.75 Å². The van der Waals surface area contributed by atoms with Crippen LogP contribution in [0.25, 0.3) is 0 Å². The summed E-state index contributed by atoms with van der Waals surface area (Å²) in [6.45, 7) is 3.07. The largest absolute Gasteiger partial charge is 0.506 e. The van der Waals surface area contributed by atoms with Crippen molar-refractivity contribution in [2.24, 2.45) is 0 Å². The first-order valence-electron chi connectivity index (χ1n) is 5.49. The first kappa shape index (κ1) is 13.8. The average molecular weight is 258 g/mol. The van der Waals surface area contributed by atoms with Gasteiger partial charge in [-0.1, -0.05) is 18.5 Å². The molecule has 1 amide bonds. The predicted molar refractivity (Wildman–Crippen MR) is 67.5 cm³/mol. The number of hydrogen-bond acceptors (Lipinski definition) is 3. The lowest BCUT2D eigenvalue weighted by molar-refractivity contribution is -0.117. The lowest BCUT2D eigenvalue weighted by Gasteiger charge is -2.06. The summed E-state index contributed by atoms with van der Waals surface area (Å²) in [6.07, 6.45) is 1.23. The van der Waals surface area contributed by atoms with Crippen LogP contribution in [0.5, 0.6) is 5.75 Å². The fourth-order valence-electron chi connectivity index (χ4n) is 1.23. The van der Waals surface area contributed by atoms with Crippen molar-refractivity contribution < 1.29 is 14.6 Å². The van der Waals surface area contributed by atoms with Crippen LogP contribution in [0.2, 0.25) is 5.02 Å². The highest BCUT2D eigenvalue weighted by molar-refractivity contribution is 6.32.